The van der Waals surface area contributed by atoms with Crippen molar-refractivity contribution in [1.82, 2.24) is 14.5 Å². The molecule has 2 N–H and O–H groups in total. The van der Waals surface area contributed by atoms with Crippen LogP contribution in [0.2, 0.25) is 0 Å². The zero-order valence-electron chi connectivity index (χ0n) is 11.3. The summed E-state index contributed by atoms with van der Waals surface area (Å²) in [6.07, 6.45) is 5.40. The molecule has 1 saturated heterocycles. The fourth-order valence-electron chi connectivity index (χ4n) is 2.75. The predicted molar refractivity (Wildman–Crippen MR) is 82.6 cm³/mol. The summed E-state index contributed by atoms with van der Waals surface area (Å²) < 4.78 is 7.82. The van der Waals surface area contributed by atoms with Gasteiger partial charge in [-0.2, -0.15) is 0 Å². The third-order valence-corrected chi connectivity index (χ3v) is 4.88. The normalized spacial score (nSPS) is 18.8. The van der Waals surface area contributed by atoms with E-state index in [2.05, 4.69) is 9.97 Å². The maximum atomic E-state index is 12.6. The van der Waals surface area contributed by atoms with E-state index in [0.29, 0.717) is 22.4 Å². The first kappa shape index (κ1) is 12.7. The number of hydrogen-bond donors (Lipinski definition) is 1. The summed E-state index contributed by atoms with van der Waals surface area (Å²) in [6.45, 7) is 1.33. The molecule has 4 heterocycles. The van der Waals surface area contributed by atoms with Crippen LogP contribution in [-0.4, -0.2) is 27.2 Å². The quantitative estimate of drug-likeness (QED) is 0.780. The first-order chi connectivity index (χ1) is 10.2. The van der Waals surface area contributed by atoms with Crippen molar-refractivity contribution in [3.05, 3.63) is 28.9 Å². The molecule has 0 saturated carbocycles. The molecule has 1 fully saturated rings. The van der Waals surface area contributed by atoms with Crippen LogP contribution in [0.3, 0.4) is 0 Å². The van der Waals surface area contributed by atoms with Gasteiger partial charge in [0, 0.05) is 18.5 Å². The Morgan fingerprint density at radius 1 is 1.48 bits per heavy atom. The van der Waals surface area contributed by atoms with Crippen molar-refractivity contribution in [2.24, 2.45) is 0 Å². The van der Waals surface area contributed by atoms with Crippen LogP contribution in [0, 0.1) is 0 Å². The van der Waals surface area contributed by atoms with Gasteiger partial charge in [-0.05, 0) is 18.9 Å². The zero-order valence-corrected chi connectivity index (χ0v) is 12.1. The lowest BCUT2D eigenvalue weighted by Gasteiger charge is -2.10. The summed E-state index contributed by atoms with van der Waals surface area (Å²) in [6, 6.07) is 1.73. The molecule has 21 heavy (non-hydrogen) atoms. The van der Waals surface area contributed by atoms with Crippen molar-refractivity contribution >= 4 is 37.5 Å². The molecule has 7 heteroatoms. The van der Waals surface area contributed by atoms with Gasteiger partial charge in [-0.1, -0.05) is 0 Å². The first-order valence-corrected chi connectivity index (χ1v) is 7.69. The Bertz CT molecular complexity index is 880. The Labute approximate surface area is 124 Å². The molecule has 3 aromatic rings. The Hall–Kier alpha value is -1.99. The van der Waals surface area contributed by atoms with E-state index in [9.17, 15) is 4.79 Å². The van der Waals surface area contributed by atoms with Crippen molar-refractivity contribution in [2.75, 3.05) is 12.3 Å². The number of rotatable bonds is 2. The van der Waals surface area contributed by atoms with Crippen LogP contribution in [0.5, 0.6) is 0 Å². The van der Waals surface area contributed by atoms with Crippen molar-refractivity contribution in [1.29, 1.82) is 0 Å². The molecule has 1 aliphatic heterocycles. The van der Waals surface area contributed by atoms with Gasteiger partial charge in [0.2, 0.25) is 0 Å². The molecule has 0 bridgehead atoms. The Balaban J connectivity index is 1.88. The maximum Gasteiger partial charge on any atom is 0.271 e. The molecule has 0 amide bonds. The largest absolute Gasteiger partial charge is 0.398 e. The van der Waals surface area contributed by atoms with Gasteiger partial charge in [-0.25, -0.2) is 9.97 Å². The van der Waals surface area contributed by atoms with Crippen molar-refractivity contribution in [3.8, 4) is 0 Å². The minimum absolute atomic E-state index is 0.0436. The summed E-state index contributed by atoms with van der Waals surface area (Å²) in [7, 11) is 0. The number of aromatic nitrogens is 3. The molecular weight excluding hydrogens is 288 g/mol. The van der Waals surface area contributed by atoms with Gasteiger partial charge in [-0.15, -0.1) is 11.3 Å². The van der Waals surface area contributed by atoms with E-state index in [0.717, 1.165) is 29.7 Å². The zero-order chi connectivity index (χ0) is 14.4. The second-order valence-corrected chi connectivity index (χ2v) is 6.20. The van der Waals surface area contributed by atoms with Gasteiger partial charge < -0.3 is 10.5 Å². The van der Waals surface area contributed by atoms with Crippen LogP contribution >= 0.6 is 11.3 Å². The molecule has 1 unspecified atom stereocenters. The molecular formula is C14H14N4O2S. The SMILES string of the molecule is Nc1ccnc2sc3c(=O)n(CC4CCCO4)cnc3c12. The van der Waals surface area contributed by atoms with Gasteiger partial charge in [0.25, 0.3) is 5.56 Å². The van der Waals surface area contributed by atoms with Gasteiger partial charge in [0.15, 0.2) is 0 Å². The summed E-state index contributed by atoms with van der Waals surface area (Å²) in [5.41, 5.74) is 7.20. The Kier molecular flexibility index (Phi) is 2.90. The van der Waals surface area contributed by atoms with Crippen LogP contribution in [0.4, 0.5) is 5.69 Å². The fourth-order valence-corrected chi connectivity index (χ4v) is 3.83. The molecule has 4 rings (SSSR count). The lowest BCUT2D eigenvalue weighted by molar-refractivity contribution is 0.0960. The van der Waals surface area contributed by atoms with E-state index in [4.69, 9.17) is 10.5 Å². The van der Waals surface area contributed by atoms with Crippen LogP contribution in [0.15, 0.2) is 23.4 Å². The standard InChI is InChI=1S/C14H14N4O2S/c15-9-3-4-16-13-10(9)11-12(21-13)14(19)18(7-17-11)6-8-2-1-5-20-8/h3-4,7-8H,1-2,5-6H2,(H2,15,16). The average Bonchev–Trinajstić information content (AvgIpc) is 3.10. The highest BCUT2D eigenvalue weighted by Gasteiger charge is 2.19. The highest BCUT2D eigenvalue weighted by Crippen LogP contribution is 2.32. The number of nitrogens with two attached hydrogens (primary N) is 1. The van der Waals surface area contributed by atoms with Crippen molar-refractivity contribution in [2.45, 2.75) is 25.5 Å². The molecule has 3 aromatic heterocycles. The van der Waals surface area contributed by atoms with E-state index >= 15 is 0 Å². The third kappa shape index (κ3) is 2.00. The number of nitrogen functional groups attached to an aromatic ring is 1. The second-order valence-electron chi connectivity index (χ2n) is 5.20. The summed E-state index contributed by atoms with van der Waals surface area (Å²) in [5, 5.41) is 0.777. The summed E-state index contributed by atoms with van der Waals surface area (Å²) in [4.78, 5) is 22.1. The highest BCUT2D eigenvalue weighted by molar-refractivity contribution is 7.25. The van der Waals surface area contributed by atoms with E-state index in [1.807, 2.05) is 0 Å². The number of fused-ring (bicyclic) bond motifs is 3. The third-order valence-electron chi connectivity index (χ3n) is 3.80. The molecule has 6 nitrogen and oxygen atoms in total. The minimum Gasteiger partial charge on any atom is -0.398 e. The highest BCUT2D eigenvalue weighted by atomic mass is 32.1. The topological polar surface area (TPSA) is 83.0 Å². The van der Waals surface area contributed by atoms with Crippen LogP contribution in [-0.2, 0) is 11.3 Å². The smallest absolute Gasteiger partial charge is 0.271 e. The Morgan fingerprint density at radius 3 is 3.19 bits per heavy atom. The number of hydrogen-bond acceptors (Lipinski definition) is 6. The lowest BCUT2D eigenvalue weighted by Crippen LogP contribution is -2.26. The molecule has 0 aliphatic carbocycles. The van der Waals surface area contributed by atoms with Crippen LogP contribution in [0.1, 0.15) is 12.8 Å². The Morgan fingerprint density at radius 2 is 2.38 bits per heavy atom. The molecule has 1 aliphatic rings. The van der Waals surface area contributed by atoms with Crippen LogP contribution in [0.25, 0.3) is 20.4 Å². The molecule has 0 radical (unpaired) electrons. The number of pyridine rings is 1. The fraction of sp³-hybridized carbons (Fsp3) is 0.357. The maximum absolute atomic E-state index is 12.6. The van der Waals surface area contributed by atoms with Crippen LogP contribution < -0.4 is 11.3 Å². The summed E-state index contributed by atoms with van der Waals surface area (Å²) >= 11 is 1.35. The van der Waals surface area contributed by atoms with Gasteiger partial charge in [0.05, 0.1) is 29.9 Å². The van der Waals surface area contributed by atoms with Gasteiger partial charge in [-0.3, -0.25) is 9.36 Å². The molecule has 0 aromatic carbocycles. The van der Waals surface area contributed by atoms with Crippen molar-refractivity contribution < 1.29 is 4.74 Å². The second kappa shape index (κ2) is 4.78. The van der Waals surface area contributed by atoms with Gasteiger partial charge >= 0.3 is 0 Å². The predicted octanol–water partition coefficient (Wildman–Crippen LogP) is 1.77. The van der Waals surface area contributed by atoms with Crippen molar-refractivity contribution in [3.63, 3.8) is 0 Å². The van der Waals surface area contributed by atoms with E-state index < -0.39 is 0 Å². The first-order valence-electron chi connectivity index (χ1n) is 6.88. The number of anilines is 1. The number of nitrogens with zero attached hydrogens (tertiary/aromatic N) is 3. The molecule has 1 atom stereocenters. The summed E-state index contributed by atoms with van der Waals surface area (Å²) in [5.74, 6) is 0. The molecule has 108 valence electrons. The van der Waals surface area contributed by atoms with E-state index in [1.54, 1.807) is 23.2 Å². The van der Waals surface area contributed by atoms with Gasteiger partial charge in [0.1, 0.15) is 9.53 Å². The monoisotopic (exact) mass is 302 g/mol. The molecule has 0 spiro atoms. The lowest BCUT2D eigenvalue weighted by atomic mass is 10.2. The van der Waals surface area contributed by atoms with E-state index in [1.165, 1.54) is 11.3 Å². The number of thiophene rings is 1. The minimum atomic E-state index is -0.0436. The van der Waals surface area contributed by atoms with E-state index in [-0.39, 0.29) is 11.7 Å². The average molecular weight is 302 g/mol. The number of ether oxygens (including phenoxy) is 1.